The predicted octanol–water partition coefficient (Wildman–Crippen LogP) is 4.97. The summed E-state index contributed by atoms with van der Waals surface area (Å²) in [6.45, 7) is 8.08. The number of amides is 1. The highest BCUT2D eigenvalue weighted by atomic mass is 16.6. The maximum Gasteiger partial charge on any atom is 0.343 e. The Balaban J connectivity index is 1.58. The number of esters is 1. The highest BCUT2D eigenvalue weighted by molar-refractivity contribution is 5.92. The second kappa shape index (κ2) is 14.8. The minimum absolute atomic E-state index is 0.251. The number of carbonyl (C=O) groups excluding carboxylic acids is 2. The monoisotopic (exact) mass is 532 g/mol. The molecule has 0 aromatic heterocycles. The van der Waals surface area contributed by atoms with Gasteiger partial charge in [-0.25, -0.2) is 10.2 Å². The highest BCUT2D eigenvalue weighted by Gasteiger charge is 2.14. The summed E-state index contributed by atoms with van der Waals surface area (Å²) in [4.78, 5) is 24.8. The van der Waals surface area contributed by atoms with Crippen molar-refractivity contribution in [3.8, 4) is 28.7 Å². The summed E-state index contributed by atoms with van der Waals surface area (Å²) in [5.41, 5.74) is 4.44. The molecule has 3 rings (SSSR count). The van der Waals surface area contributed by atoms with E-state index in [2.05, 4.69) is 17.1 Å². The molecule has 0 atom stereocenters. The lowest BCUT2D eigenvalue weighted by atomic mass is 10.1. The second-order valence-corrected chi connectivity index (χ2v) is 8.05. The fraction of sp³-hybridized carbons (Fsp3) is 0.233. The van der Waals surface area contributed by atoms with Crippen LogP contribution in [0.4, 0.5) is 0 Å². The van der Waals surface area contributed by atoms with Crippen molar-refractivity contribution in [1.82, 2.24) is 5.43 Å². The fourth-order valence-corrected chi connectivity index (χ4v) is 3.45. The van der Waals surface area contributed by atoms with Crippen molar-refractivity contribution in [2.45, 2.75) is 20.3 Å². The van der Waals surface area contributed by atoms with Gasteiger partial charge in [-0.3, -0.25) is 4.79 Å². The van der Waals surface area contributed by atoms with Gasteiger partial charge < -0.3 is 23.7 Å². The topological polar surface area (TPSA) is 105 Å². The van der Waals surface area contributed by atoms with Gasteiger partial charge in [-0.05, 0) is 86.0 Å². The maximum atomic E-state index is 12.6. The van der Waals surface area contributed by atoms with E-state index in [1.165, 1.54) is 13.3 Å². The van der Waals surface area contributed by atoms with Gasteiger partial charge in [0.1, 0.15) is 5.75 Å². The van der Waals surface area contributed by atoms with E-state index in [4.69, 9.17) is 23.7 Å². The van der Waals surface area contributed by atoms with Crippen LogP contribution in [0.2, 0.25) is 0 Å². The van der Waals surface area contributed by atoms with Crippen LogP contribution in [-0.4, -0.2) is 45.0 Å². The first-order valence-electron chi connectivity index (χ1n) is 12.4. The number of hydrazone groups is 1. The molecule has 3 aromatic rings. The molecule has 0 bridgehead atoms. The van der Waals surface area contributed by atoms with E-state index in [1.54, 1.807) is 54.6 Å². The Bertz CT molecular complexity index is 1300. The zero-order valence-corrected chi connectivity index (χ0v) is 22.3. The lowest BCUT2D eigenvalue weighted by Crippen LogP contribution is -2.24. The Morgan fingerprint density at radius 2 is 1.62 bits per heavy atom. The van der Waals surface area contributed by atoms with E-state index < -0.39 is 11.9 Å². The highest BCUT2D eigenvalue weighted by Crippen LogP contribution is 2.30. The van der Waals surface area contributed by atoms with Crippen molar-refractivity contribution in [2.24, 2.45) is 5.10 Å². The average molecular weight is 533 g/mol. The van der Waals surface area contributed by atoms with Crippen molar-refractivity contribution >= 4 is 18.1 Å². The van der Waals surface area contributed by atoms with Crippen molar-refractivity contribution in [3.63, 3.8) is 0 Å². The number of rotatable bonds is 14. The number of benzene rings is 3. The summed E-state index contributed by atoms with van der Waals surface area (Å²) in [6.07, 6.45) is 3.94. The molecule has 0 spiro atoms. The van der Waals surface area contributed by atoms with Gasteiger partial charge in [0.25, 0.3) is 5.91 Å². The van der Waals surface area contributed by atoms with E-state index in [1.807, 2.05) is 26.0 Å². The molecule has 1 amide bonds. The predicted molar refractivity (Wildman–Crippen MR) is 148 cm³/mol. The Labute approximate surface area is 228 Å². The molecule has 9 nitrogen and oxygen atoms in total. The third-order valence-electron chi connectivity index (χ3n) is 5.24. The number of hydrogen-bond donors (Lipinski definition) is 1. The first kappa shape index (κ1) is 28.8. The molecule has 3 aromatic carbocycles. The summed E-state index contributed by atoms with van der Waals surface area (Å²) in [6, 6.07) is 17.1. The van der Waals surface area contributed by atoms with Crippen LogP contribution in [0.25, 0.3) is 0 Å². The summed E-state index contributed by atoms with van der Waals surface area (Å²) in [5, 5.41) is 3.98. The van der Waals surface area contributed by atoms with Crippen LogP contribution in [0.15, 0.2) is 78.4 Å². The molecule has 0 aliphatic heterocycles. The van der Waals surface area contributed by atoms with Crippen LogP contribution in [0.3, 0.4) is 0 Å². The first-order chi connectivity index (χ1) is 19.0. The minimum Gasteiger partial charge on any atom is -0.494 e. The van der Waals surface area contributed by atoms with Crippen LogP contribution < -0.4 is 29.1 Å². The Morgan fingerprint density at radius 3 is 2.31 bits per heavy atom. The molecule has 0 aliphatic carbocycles. The largest absolute Gasteiger partial charge is 0.494 e. The number of nitrogens with zero attached hydrogens (tertiary/aromatic N) is 1. The van der Waals surface area contributed by atoms with Crippen molar-refractivity contribution in [1.29, 1.82) is 0 Å². The first-order valence-corrected chi connectivity index (χ1v) is 12.4. The van der Waals surface area contributed by atoms with Crippen LogP contribution in [0.5, 0.6) is 28.7 Å². The van der Waals surface area contributed by atoms with Crippen LogP contribution in [0, 0.1) is 0 Å². The zero-order valence-electron chi connectivity index (χ0n) is 22.3. The summed E-state index contributed by atoms with van der Waals surface area (Å²) in [7, 11) is 1.53. The van der Waals surface area contributed by atoms with Gasteiger partial charge in [0, 0.05) is 0 Å². The van der Waals surface area contributed by atoms with Crippen LogP contribution in [-0.2, 0) is 11.2 Å². The lowest BCUT2D eigenvalue weighted by molar-refractivity contribution is -0.123. The smallest absolute Gasteiger partial charge is 0.343 e. The zero-order chi connectivity index (χ0) is 28.0. The van der Waals surface area contributed by atoms with E-state index in [-0.39, 0.29) is 12.4 Å². The molecule has 0 unspecified atom stereocenters. The number of hydrogen-bond acceptors (Lipinski definition) is 8. The van der Waals surface area contributed by atoms with Crippen molar-refractivity contribution < 1.29 is 33.3 Å². The third kappa shape index (κ3) is 8.63. The minimum atomic E-state index is -0.528. The molecule has 1 N–H and O–H groups in total. The summed E-state index contributed by atoms with van der Waals surface area (Å²) < 4.78 is 27.5. The van der Waals surface area contributed by atoms with Crippen molar-refractivity contribution in [3.05, 3.63) is 90.0 Å². The molecule has 0 radical (unpaired) electrons. The molecule has 0 fully saturated rings. The van der Waals surface area contributed by atoms with Gasteiger partial charge in [-0.2, -0.15) is 5.10 Å². The molecular weight excluding hydrogens is 500 g/mol. The fourth-order valence-electron chi connectivity index (χ4n) is 3.45. The Morgan fingerprint density at radius 1 is 0.872 bits per heavy atom. The van der Waals surface area contributed by atoms with Gasteiger partial charge >= 0.3 is 5.97 Å². The molecule has 0 heterocycles. The van der Waals surface area contributed by atoms with Crippen LogP contribution in [0.1, 0.15) is 35.3 Å². The molecular formula is C30H32N2O7. The second-order valence-electron chi connectivity index (χ2n) is 8.05. The van der Waals surface area contributed by atoms with Gasteiger partial charge in [0.05, 0.1) is 32.1 Å². The molecule has 204 valence electrons. The Hall–Kier alpha value is -4.79. The van der Waals surface area contributed by atoms with Crippen molar-refractivity contribution in [2.75, 3.05) is 26.9 Å². The van der Waals surface area contributed by atoms with E-state index in [0.29, 0.717) is 53.8 Å². The average Bonchev–Trinajstić information content (AvgIpc) is 2.94. The van der Waals surface area contributed by atoms with Gasteiger partial charge in [0.2, 0.25) is 0 Å². The lowest BCUT2D eigenvalue weighted by Gasteiger charge is -2.12. The van der Waals surface area contributed by atoms with Gasteiger partial charge in [-0.1, -0.05) is 12.1 Å². The third-order valence-corrected chi connectivity index (χ3v) is 5.24. The normalized spacial score (nSPS) is 10.5. The van der Waals surface area contributed by atoms with Gasteiger partial charge in [-0.15, -0.1) is 6.58 Å². The number of methoxy groups -OCH3 is 1. The molecule has 39 heavy (non-hydrogen) atoms. The quantitative estimate of drug-likeness (QED) is 0.103. The Kier molecular flexibility index (Phi) is 10.9. The van der Waals surface area contributed by atoms with E-state index in [0.717, 1.165) is 5.56 Å². The van der Waals surface area contributed by atoms with Crippen LogP contribution >= 0.6 is 0 Å². The van der Waals surface area contributed by atoms with E-state index >= 15 is 0 Å². The number of nitrogens with one attached hydrogen (secondary N) is 1. The SMILES string of the molecule is C=CCc1ccc(OCC(=O)NN=Cc2ccc(OC(=O)c3ccc(OCC)cc3)c(OCC)c2)c(OC)c1. The van der Waals surface area contributed by atoms with E-state index in [9.17, 15) is 9.59 Å². The summed E-state index contributed by atoms with van der Waals surface area (Å²) >= 11 is 0. The number of carbonyl (C=O) groups is 2. The standard InChI is InChI=1S/C30H32N2O7/c1-5-8-21-9-15-25(27(17-21)35-4)38-20-29(33)32-31-19-22-10-16-26(28(18-22)37-7-3)39-30(34)23-11-13-24(14-12-23)36-6-2/h5,9-19H,1,6-8,20H2,2-4H3,(H,32,33). The number of ether oxygens (including phenoxy) is 5. The maximum absolute atomic E-state index is 12.6. The number of allylic oxidation sites excluding steroid dienone is 1. The summed E-state index contributed by atoms with van der Waals surface area (Å²) in [5.74, 6) is 1.29. The molecule has 0 saturated heterocycles. The molecule has 0 aliphatic rings. The molecule has 0 saturated carbocycles. The van der Waals surface area contributed by atoms with Gasteiger partial charge in [0.15, 0.2) is 29.6 Å². The molecule has 9 heteroatoms.